The molecule has 1 atom stereocenters. The van der Waals surface area contributed by atoms with E-state index in [4.69, 9.17) is 10.5 Å². The van der Waals surface area contributed by atoms with Gasteiger partial charge in [-0.15, -0.1) is 0 Å². The third-order valence-corrected chi connectivity index (χ3v) is 5.12. The second-order valence-electron chi connectivity index (χ2n) is 6.29. The summed E-state index contributed by atoms with van der Waals surface area (Å²) in [7, 11) is 1.79. The van der Waals surface area contributed by atoms with E-state index in [-0.39, 0.29) is 11.5 Å². The van der Waals surface area contributed by atoms with E-state index in [1.165, 1.54) is 50.5 Å². The van der Waals surface area contributed by atoms with Crippen LogP contribution in [-0.2, 0) is 18.3 Å². The van der Waals surface area contributed by atoms with Gasteiger partial charge in [0, 0.05) is 17.0 Å². The van der Waals surface area contributed by atoms with Gasteiger partial charge in [0.05, 0.1) is 7.11 Å². The van der Waals surface area contributed by atoms with Crippen molar-refractivity contribution in [2.24, 2.45) is 5.73 Å². The van der Waals surface area contributed by atoms with Crippen molar-refractivity contribution in [1.82, 2.24) is 0 Å². The molecule has 2 nitrogen and oxygen atoms in total. The van der Waals surface area contributed by atoms with Gasteiger partial charge in [-0.05, 0) is 62.6 Å². The Balaban J connectivity index is 2.15. The molecule has 1 saturated carbocycles. The Morgan fingerprint density at radius 1 is 1.16 bits per heavy atom. The van der Waals surface area contributed by atoms with Gasteiger partial charge in [-0.25, -0.2) is 0 Å². The summed E-state index contributed by atoms with van der Waals surface area (Å²) in [5.41, 5.74) is 11.1. The van der Waals surface area contributed by atoms with Crippen LogP contribution in [0.4, 0.5) is 0 Å². The number of nitrogens with two attached hydrogens (primary N) is 1. The highest BCUT2D eigenvalue weighted by Crippen LogP contribution is 2.55. The molecule has 0 bridgehead atoms. The van der Waals surface area contributed by atoms with E-state index in [2.05, 4.69) is 19.1 Å². The van der Waals surface area contributed by atoms with Gasteiger partial charge in [-0.2, -0.15) is 0 Å². The van der Waals surface area contributed by atoms with E-state index in [1.54, 1.807) is 18.2 Å². The standard InChI is InChI=1S/C17H25NO/c1-12(18)17(10-11-17)16-14-7-5-3-4-6-13(14)8-9-15(16)19-2/h8-9,12H,3-7,10-11,18H2,1-2H3. The Labute approximate surface area is 116 Å². The number of benzene rings is 1. The molecule has 2 heteroatoms. The van der Waals surface area contributed by atoms with Gasteiger partial charge in [0.1, 0.15) is 5.75 Å². The van der Waals surface area contributed by atoms with E-state index < -0.39 is 0 Å². The molecule has 104 valence electrons. The minimum Gasteiger partial charge on any atom is -0.496 e. The Hall–Kier alpha value is -1.02. The highest BCUT2D eigenvalue weighted by Gasteiger charge is 2.50. The maximum absolute atomic E-state index is 6.30. The predicted molar refractivity (Wildman–Crippen MR) is 78.8 cm³/mol. The van der Waals surface area contributed by atoms with Gasteiger partial charge in [0.25, 0.3) is 0 Å². The summed E-state index contributed by atoms with van der Waals surface area (Å²) < 4.78 is 5.67. The van der Waals surface area contributed by atoms with Crippen molar-refractivity contribution in [2.75, 3.05) is 7.11 Å². The number of methoxy groups -OCH3 is 1. The zero-order valence-corrected chi connectivity index (χ0v) is 12.2. The maximum atomic E-state index is 6.30. The molecule has 19 heavy (non-hydrogen) atoms. The van der Waals surface area contributed by atoms with Gasteiger partial charge >= 0.3 is 0 Å². The third kappa shape index (κ3) is 2.06. The van der Waals surface area contributed by atoms with Crippen LogP contribution in [0.1, 0.15) is 55.7 Å². The molecule has 1 aromatic rings. The van der Waals surface area contributed by atoms with Gasteiger partial charge < -0.3 is 10.5 Å². The number of ether oxygens (including phenoxy) is 1. The first kappa shape index (κ1) is 13.0. The molecule has 0 spiro atoms. The maximum Gasteiger partial charge on any atom is 0.122 e. The zero-order valence-electron chi connectivity index (χ0n) is 12.2. The molecule has 1 fully saturated rings. The van der Waals surface area contributed by atoms with Crippen molar-refractivity contribution in [2.45, 2.75) is 63.3 Å². The molecular formula is C17H25NO. The number of aryl methyl sites for hydroxylation is 1. The molecular weight excluding hydrogens is 234 g/mol. The molecule has 0 aliphatic heterocycles. The molecule has 0 heterocycles. The molecule has 0 radical (unpaired) electrons. The number of hydrogen-bond acceptors (Lipinski definition) is 2. The van der Waals surface area contributed by atoms with Crippen LogP contribution in [0.15, 0.2) is 12.1 Å². The second-order valence-corrected chi connectivity index (χ2v) is 6.29. The summed E-state index contributed by atoms with van der Waals surface area (Å²) in [5, 5.41) is 0. The monoisotopic (exact) mass is 259 g/mol. The highest BCUT2D eigenvalue weighted by molar-refractivity contribution is 5.53. The fourth-order valence-corrected chi connectivity index (χ4v) is 3.77. The molecule has 0 aromatic heterocycles. The van der Waals surface area contributed by atoms with Gasteiger partial charge in [0.15, 0.2) is 0 Å². The van der Waals surface area contributed by atoms with Crippen molar-refractivity contribution in [3.05, 3.63) is 28.8 Å². The third-order valence-electron chi connectivity index (χ3n) is 5.12. The van der Waals surface area contributed by atoms with Crippen LogP contribution in [-0.4, -0.2) is 13.2 Å². The van der Waals surface area contributed by atoms with E-state index >= 15 is 0 Å². The Kier molecular flexibility index (Phi) is 3.30. The molecule has 1 unspecified atom stereocenters. The average Bonchev–Trinajstić information content (AvgIpc) is 3.21. The van der Waals surface area contributed by atoms with Crippen molar-refractivity contribution in [3.63, 3.8) is 0 Å². The number of hydrogen-bond donors (Lipinski definition) is 1. The van der Waals surface area contributed by atoms with Crippen LogP contribution in [0.25, 0.3) is 0 Å². The Morgan fingerprint density at radius 3 is 2.53 bits per heavy atom. The van der Waals surface area contributed by atoms with Crippen molar-refractivity contribution in [1.29, 1.82) is 0 Å². The normalized spacial score (nSPS) is 22.3. The number of rotatable bonds is 3. The summed E-state index contributed by atoms with van der Waals surface area (Å²) in [6.07, 6.45) is 8.85. The predicted octanol–water partition coefficient (Wildman–Crippen LogP) is 3.34. The fourth-order valence-electron chi connectivity index (χ4n) is 3.77. The summed E-state index contributed by atoms with van der Waals surface area (Å²) >= 11 is 0. The molecule has 1 aromatic carbocycles. The first-order valence-corrected chi connectivity index (χ1v) is 7.64. The topological polar surface area (TPSA) is 35.2 Å². The number of fused-ring (bicyclic) bond motifs is 1. The van der Waals surface area contributed by atoms with Gasteiger partial charge in [0.2, 0.25) is 0 Å². The van der Waals surface area contributed by atoms with Gasteiger partial charge in [-0.3, -0.25) is 0 Å². The molecule has 2 N–H and O–H groups in total. The molecule has 0 saturated heterocycles. The Morgan fingerprint density at radius 2 is 1.89 bits per heavy atom. The summed E-state index contributed by atoms with van der Waals surface area (Å²) in [6, 6.07) is 4.67. The minimum atomic E-state index is 0.195. The largest absolute Gasteiger partial charge is 0.496 e. The van der Waals surface area contributed by atoms with Crippen LogP contribution in [0, 0.1) is 0 Å². The molecule has 3 rings (SSSR count). The van der Waals surface area contributed by atoms with Crippen LogP contribution >= 0.6 is 0 Å². The van der Waals surface area contributed by atoms with Crippen LogP contribution in [0.3, 0.4) is 0 Å². The lowest BCUT2D eigenvalue weighted by Crippen LogP contribution is -2.33. The highest BCUT2D eigenvalue weighted by atomic mass is 16.5. The Bertz CT molecular complexity index is 474. The molecule has 2 aliphatic carbocycles. The summed E-state index contributed by atoms with van der Waals surface area (Å²) in [4.78, 5) is 0. The van der Waals surface area contributed by atoms with Crippen molar-refractivity contribution < 1.29 is 4.74 Å². The zero-order chi connectivity index (χ0) is 13.5. The minimum absolute atomic E-state index is 0.195. The summed E-state index contributed by atoms with van der Waals surface area (Å²) in [6.45, 7) is 2.16. The second kappa shape index (κ2) is 4.82. The lowest BCUT2D eigenvalue weighted by molar-refractivity contribution is 0.396. The smallest absolute Gasteiger partial charge is 0.122 e. The van der Waals surface area contributed by atoms with E-state index in [1.807, 2.05) is 0 Å². The van der Waals surface area contributed by atoms with E-state index in [0.29, 0.717) is 0 Å². The van der Waals surface area contributed by atoms with Gasteiger partial charge in [-0.1, -0.05) is 12.5 Å². The van der Waals surface area contributed by atoms with Crippen molar-refractivity contribution in [3.8, 4) is 5.75 Å². The SMILES string of the molecule is COc1ccc2c(c1C1(C(C)N)CC1)CCCCC2. The molecule has 0 amide bonds. The van der Waals surface area contributed by atoms with E-state index in [0.717, 1.165) is 5.75 Å². The molecule has 2 aliphatic rings. The average molecular weight is 259 g/mol. The quantitative estimate of drug-likeness (QED) is 0.845. The lowest BCUT2D eigenvalue weighted by atomic mass is 9.82. The fraction of sp³-hybridized carbons (Fsp3) is 0.647. The first-order chi connectivity index (χ1) is 9.19. The van der Waals surface area contributed by atoms with Crippen LogP contribution in [0.5, 0.6) is 5.75 Å². The lowest BCUT2D eigenvalue weighted by Gasteiger charge is -2.27. The first-order valence-electron chi connectivity index (χ1n) is 7.64. The summed E-state index contributed by atoms with van der Waals surface area (Å²) in [5.74, 6) is 1.07. The van der Waals surface area contributed by atoms with Crippen LogP contribution < -0.4 is 10.5 Å². The van der Waals surface area contributed by atoms with E-state index in [9.17, 15) is 0 Å². The van der Waals surface area contributed by atoms with Crippen LogP contribution in [0.2, 0.25) is 0 Å². The van der Waals surface area contributed by atoms with Crippen molar-refractivity contribution >= 4 is 0 Å².